The third kappa shape index (κ3) is 4.48. The highest BCUT2D eigenvalue weighted by atomic mass is 16.5. The Morgan fingerprint density at radius 2 is 1.81 bits per heavy atom. The van der Waals surface area contributed by atoms with Gasteiger partial charge < -0.3 is 19.6 Å². The number of nitrogens with zero attached hydrogens (tertiary/aromatic N) is 3. The van der Waals surface area contributed by atoms with Gasteiger partial charge in [0.05, 0.1) is 13.2 Å². The van der Waals surface area contributed by atoms with Crippen molar-refractivity contribution in [3.63, 3.8) is 0 Å². The van der Waals surface area contributed by atoms with E-state index in [0.717, 1.165) is 75.4 Å². The molecular weight excluding hydrogens is 402 g/mol. The summed E-state index contributed by atoms with van der Waals surface area (Å²) in [4.78, 5) is 19.3. The lowest BCUT2D eigenvalue weighted by Crippen LogP contribution is -2.47. The van der Waals surface area contributed by atoms with E-state index in [1.54, 1.807) is 7.11 Å². The maximum absolute atomic E-state index is 12.6. The molecule has 0 unspecified atom stereocenters. The number of methoxy groups -OCH3 is 1. The molecule has 32 heavy (non-hydrogen) atoms. The summed E-state index contributed by atoms with van der Waals surface area (Å²) >= 11 is 0. The van der Waals surface area contributed by atoms with Crippen LogP contribution in [0.25, 0.3) is 0 Å². The lowest BCUT2D eigenvalue weighted by atomic mass is 9.96. The first kappa shape index (κ1) is 21.3. The van der Waals surface area contributed by atoms with Crippen LogP contribution in [0.4, 0.5) is 11.4 Å². The zero-order valence-corrected chi connectivity index (χ0v) is 18.9. The van der Waals surface area contributed by atoms with E-state index in [-0.39, 0.29) is 11.8 Å². The van der Waals surface area contributed by atoms with E-state index in [0.29, 0.717) is 6.54 Å². The van der Waals surface area contributed by atoms with Crippen molar-refractivity contribution < 1.29 is 14.6 Å². The third-order valence-electron chi connectivity index (χ3n) is 7.04. The monoisotopic (exact) mass is 435 g/mol. The molecule has 0 bridgehead atoms. The first-order valence-electron chi connectivity index (χ1n) is 11.9. The summed E-state index contributed by atoms with van der Waals surface area (Å²) in [5.41, 5.74) is 4.43. The Morgan fingerprint density at radius 3 is 2.50 bits per heavy atom. The summed E-state index contributed by atoms with van der Waals surface area (Å²) in [6.45, 7) is 5.21. The van der Waals surface area contributed by atoms with Crippen LogP contribution in [0.1, 0.15) is 36.5 Å². The molecular formula is C26H33N3O3. The van der Waals surface area contributed by atoms with E-state index < -0.39 is 6.10 Å². The van der Waals surface area contributed by atoms with E-state index >= 15 is 0 Å². The zero-order chi connectivity index (χ0) is 22.1. The van der Waals surface area contributed by atoms with Crippen molar-refractivity contribution >= 4 is 17.3 Å². The molecule has 5 rings (SSSR count). The van der Waals surface area contributed by atoms with Crippen LogP contribution in [0.3, 0.4) is 0 Å². The fourth-order valence-electron chi connectivity index (χ4n) is 4.94. The van der Waals surface area contributed by atoms with Gasteiger partial charge in [-0.2, -0.15) is 0 Å². The predicted octanol–water partition coefficient (Wildman–Crippen LogP) is 3.24. The number of rotatable bonds is 6. The molecule has 6 nitrogen and oxygen atoms in total. The number of aryl methyl sites for hydroxylation is 1. The molecule has 0 spiro atoms. The second-order valence-corrected chi connectivity index (χ2v) is 9.26. The van der Waals surface area contributed by atoms with Gasteiger partial charge in [0.15, 0.2) is 0 Å². The molecule has 6 heteroatoms. The Labute approximate surface area is 190 Å². The molecule has 2 fully saturated rings. The van der Waals surface area contributed by atoms with Crippen LogP contribution in [0.15, 0.2) is 42.5 Å². The van der Waals surface area contributed by atoms with E-state index in [9.17, 15) is 9.90 Å². The summed E-state index contributed by atoms with van der Waals surface area (Å²) in [5, 5.41) is 10.9. The topological polar surface area (TPSA) is 56.2 Å². The van der Waals surface area contributed by atoms with Crippen molar-refractivity contribution in [2.75, 3.05) is 56.2 Å². The molecule has 1 aliphatic carbocycles. The van der Waals surface area contributed by atoms with E-state index in [1.165, 1.54) is 11.3 Å². The van der Waals surface area contributed by atoms with Gasteiger partial charge in [0, 0.05) is 56.6 Å². The van der Waals surface area contributed by atoms with Crippen molar-refractivity contribution in [2.45, 2.75) is 31.8 Å². The van der Waals surface area contributed by atoms with E-state index in [1.807, 2.05) is 23.1 Å². The van der Waals surface area contributed by atoms with Gasteiger partial charge in [-0.1, -0.05) is 12.1 Å². The first-order valence-corrected chi connectivity index (χ1v) is 11.9. The summed E-state index contributed by atoms with van der Waals surface area (Å²) in [6.07, 6.45) is 3.53. The maximum Gasteiger partial charge on any atom is 0.230 e. The first-order chi connectivity index (χ1) is 15.6. The fourth-order valence-corrected chi connectivity index (χ4v) is 4.94. The van der Waals surface area contributed by atoms with Gasteiger partial charge in [-0.15, -0.1) is 0 Å². The highest BCUT2D eigenvalue weighted by Gasteiger charge is 2.35. The summed E-state index contributed by atoms with van der Waals surface area (Å²) in [6, 6.07) is 14.4. The van der Waals surface area contributed by atoms with Gasteiger partial charge in [-0.3, -0.25) is 9.69 Å². The molecule has 170 valence electrons. The van der Waals surface area contributed by atoms with Crippen molar-refractivity contribution in [3.8, 4) is 5.75 Å². The SMILES string of the molecule is COc1ccc(N2CCN(C[C@@H](O)c3ccc4c(c3)CCCN4C(=O)C3CC3)CC2)cc1. The number of β-amino-alcohol motifs (C(OH)–C–C–N with tert-alkyl or cyclic N) is 1. The van der Waals surface area contributed by atoms with Gasteiger partial charge in [-0.25, -0.2) is 0 Å². The standard InChI is InChI=1S/C26H33N3O3/c1-32-23-9-7-22(8-10-23)28-15-13-27(14-16-28)18-25(30)21-6-11-24-20(17-21)3-2-12-29(24)26(31)19-4-5-19/h6-11,17,19,25,30H,2-5,12-16,18H2,1H3/t25-/m1/s1. The third-order valence-corrected chi connectivity index (χ3v) is 7.04. The Morgan fingerprint density at radius 1 is 1.06 bits per heavy atom. The highest BCUT2D eigenvalue weighted by molar-refractivity contribution is 5.97. The number of ether oxygens (including phenoxy) is 1. The second kappa shape index (κ2) is 9.12. The van der Waals surface area contributed by atoms with Crippen LogP contribution in [0.2, 0.25) is 0 Å². The molecule has 1 saturated heterocycles. The van der Waals surface area contributed by atoms with Gasteiger partial charge >= 0.3 is 0 Å². The van der Waals surface area contributed by atoms with Crippen LogP contribution in [0.5, 0.6) is 5.75 Å². The largest absolute Gasteiger partial charge is 0.497 e. The summed E-state index contributed by atoms with van der Waals surface area (Å²) < 4.78 is 5.25. The van der Waals surface area contributed by atoms with E-state index in [4.69, 9.17) is 4.74 Å². The average Bonchev–Trinajstić information content (AvgIpc) is 3.69. The Balaban J connectivity index is 1.18. The number of aliphatic hydroxyl groups excluding tert-OH is 1. The maximum atomic E-state index is 12.6. The fraction of sp³-hybridized carbons (Fsp3) is 0.500. The quantitative estimate of drug-likeness (QED) is 0.755. The van der Waals surface area contributed by atoms with Crippen LogP contribution in [-0.4, -0.2) is 62.3 Å². The molecule has 1 atom stereocenters. The van der Waals surface area contributed by atoms with Crippen LogP contribution in [0, 0.1) is 5.92 Å². The molecule has 2 aromatic carbocycles. The molecule has 1 N–H and O–H groups in total. The van der Waals surface area contributed by atoms with Crippen molar-refractivity contribution in [2.24, 2.45) is 5.92 Å². The minimum atomic E-state index is -0.512. The molecule has 1 saturated carbocycles. The number of anilines is 2. The number of hydrogen-bond acceptors (Lipinski definition) is 5. The van der Waals surface area contributed by atoms with Crippen molar-refractivity contribution in [1.29, 1.82) is 0 Å². The number of benzene rings is 2. The summed E-state index contributed by atoms with van der Waals surface area (Å²) in [5.74, 6) is 1.40. The molecule has 2 aromatic rings. The highest BCUT2D eigenvalue weighted by Crippen LogP contribution is 2.36. The number of fused-ring (bicyclic) bond motifs is 1. The lowest BCUT2D eigenvalue weighted by Gasteiger charge is -2.37. The lowest BCUT2D eigenvalue weighted by molar-refractivity contribution is -0.119. The smallest absolute Gasteiger partial charge is 0.230 e. The number of piperazine rings is 1. The number of amides is 1. The Kier molecular flexibility index (Phi) is 6.07. The normalized spacial score (nSPS) is 20.1. The Bertz CT molecular complexity index is 949. The predicted molar refractivity (Wildman–Crippen MR) is 126 cm³/mol. The second-order valence-electron chi connectivity index (χ2n) is 9.26. The number of hydrogen-bond donors (Lipinski definition) is 1. The van der Waals surface area contributed by atoms with Crippen LogP contribution < -0.4 is 14.5 Å². The van der Waals surface area contributed by atoms with Crippen molar-refractivity contribution in [1.82, 2.24) is 4.90 Å². The number of carbonyl (C=O) groups is 1. The minimum absolute atomic E-state index is 0.239. The number of aliphatic hydroxyl groups is 1. The summed E-state index contributed by atoms with van der Waals surface area (Å²) in [7, 11) is 1.69. The van der Waals surface area contributed by atoms with Crippen LogP contribution in [-0.2, 0) is 11.2 Å². The van der Waals surface area contributed by atoms with Gasteiger partial charge in [-0.05, 0) is 67.1 Å². The molecule has 1 amide bonds. The van der Waals surface area contributed by atoms with Crippen molar-refractivity contribution in [3.05, 3.63) is 53.6 Å². The minimum Gasteiger partial charge on any atom is -0.497 e. The molecule has 0 radical (unpaired) electrons. The van der Waals surface area contributed by atoms with Gasteiger partial charge in [0.25, 0.3) is 0 Å². The molecule has 0 aromatic heterocycles. The van der Waals surface area contributed by atoms with Gasteiger partial charge in [0.1, 0.15) is 5.75 Å². The number of carbonyl (C=O) groups excluding carboxylic acids is 1. The van der Waals surface area contributed by atoms with Crippen LogP contribution >= 0.6 is 0 Å². The molecule has 3 aliphatic rings. The van der Waals surface area contributed by atoms with E-state index in [2.05, 4.69) is 34.1 Å². The molecule has 2 aliphatic heterocycles. The zero-order valence-electron chi connectivity index (χ0n) is 18.9. The molecule has 2 heterocycles. The Hall–Kier alpha value is -2.57. The average molecular weight is 436 g/mol. The van der Waals surface area contributed by atoms with Gasteiger partial charge in [0.2, 0.25) is 5.91 Å².